The molecule has 34 unspecified atom stereocenters. The lowest BCUT2D eigenvalue weighted by Crippen LogP contribution is -2.71. The molecular formula is C45H84N6O31. The number of ether oxygens (including phenoxy) is 12. The van der Waals surface area contributed by atoms with E-state index in [1.54, 1.807) is 0 Å². The zero-order valence-corrected chi connectivity index (χ0v) is 44.5. The lowest BCUT2D eigenvalue weighted by molar-refractivity contribution is -0.369. The fraction of sp³-hybridized carbons (Fsp3) is 0.978. The molecule has 1 amide bonds. The van der Waals surface area contributed by atoms with Crippen LogP contribution in [-0.2, 0) is 61.6 Å². The van der Waals surface area contributed by atoms with Crippen LogP contribution in [0.3, 0.4) is 0 Å². The number of carbonyl (C=O) groups excluding carboxylic acids is 1. The fourth-order valence-corrected chi connectivity index (χ4v) is 10.5. The average Bonchev–Trinajstić information content (AvgIpc) is 2.91. The molecule has 6 aliphatic heterocycles. The molecule has 480 valence electrons. The van der Waals surface area contributed by atoms with Crippen LogP contribution in [0, 0.1) is 0 Å². The van der Waals surface area contributed by atoms with Gasteiger partial charge in [0.1, 0.15) is 134 Å². The molecule has 0 aliphatic carbocycles. The van der Waals surface area contributed by atoms with Crippen LogP contribution in [0.25, 0.3) is 0 Å². The molecule has 6 fully saturated rings. The quantitative estimate of drug-likeness (QED) is 0.0404. The van der Waals surface area contributed by atoms with Gasteiger partial charge >= 0.3 is 0 Å². The Balaban J connectivity index is 1.19. The highest BCUT2D eigenvalue weighted by molar-refractivity contribution is 5.73. The van der Waals surface area contributed by atoms with Gasteiger partial charge in [-0.1, -0.05) is 0 Å². The minimum atomic E-state index is -2.16. The summed E-state index contributed by atoms with van der Waals surface area (Å²) in [4.78, 5) is 12.0. The van der Waals surface area contributed by atoms with E-state index in [1.807, 2.05) is 0 Å². The molecule has 0 aromatic heterocycles. The second-order valence-corrected chi connectivity index (χ2v) is 20.8. The second-order valence-electron chi connectivity index (χ2n) is 20.8. The van der Waals surface area contributed by atoms with Crippen LogP contribution in [0.15, 0.2) is 0 Å². The number of methoxy groups -OCH3 is 1. The van der Waals surface area contributed by atoms with E-state index in [-0.39, 0.29) is 0 Å². The third kappa shape index (κ3) is 15.1. The van der Waals surface area contributed by atoms with E-state index in [9.17, 15) is 96.7 Å². The van der Waals surface area contributed by atoms with E-state index in [2.05, 4.69) is 10.6 Å². The Hall–Kier alpha value is -1.93. The van der Waals surface area contributed by atoms with Gasteiger partial charge in [-0.3, -0.25) is 4.79 Å². The van der Waals surface area contributed by atoms with E-state index >= 15 is 0 Å². The summed E-state index contributed by atoms with van der Waals surface area (Å²) in [6.45, 7) is -6.06. The van der Waals surface area contributed by atoms with Crippen molar-refractivity contribution in [2.24, 2.45) is 22.9 Å². The minimum Gasteiger partial charge on any atom is -0.394 e. The molecule has 37 nitrogen and oxygen atoms in total. The van der Waals surface area contributed by atoms with Crippen molar-refractivity contribution in [2.45, 2.75) is 215 Å². The highest BCUT2D eigenvalue weighted by Crippen LogP contribution is 2.36. The first-order valence-electron chi connectivity index (χ1n) is 26.4. The van der Waals surface area contributed by atoms with Crippen molar-refractivity contribution in [3.05, 3.63) is 0 Å². The topological polar surface area (TPSA) is 620 Å². The van der Waals surface area contributed by atoms with Gasteiger partial charge in [0.25, 0.3) is 0 Å². The van der Waals surface area contributed by atoms with Gasteiger partial charge in [0.05, 0.1) is 82.6 Å². The van der Waals surface area contributed by atoms with Crippen molar-refractivity contribution >= 4 is 5.91 Å². The fourth-order valence-electron chi connectivity index (χ4n) is 10.5. The molecule has 0 aromatic rings. The third-order valence-corrected chi connectivity index (χ3v) is 15.3. The summed E-state index contributed by atoms with van der Waals surface area (Å²) in [5.41, 5.74) is 25.2. The van der Waals surface area contributed by atoms with Crippen LogP contribution < -0.4 is 33.6 Å². The first kappa shape index (κ1) is 69.2. The van der Waals surface area contributed by atoms with Crippen molar-refractivity contribution in [2.75, 3.05) is 59.9 Å². The van der Waals surface area contributed by atoms with Gasteiger partial charge in [0.2, 0.25) is 5.91 Å². The second kappa shape index (κ2) is 30.8. The van der Waals surface area contributed by atoms with Crippen LogP contribution in [0.4, 0.5) is 0 Å². The summed E-state index contributed by atoms with van der Waals surface area (Å²) in [5, 5.41) is 197. The number of hydrogen-bond donors (Lipinski definition) is 24. The first-order valence-corrected chi connectivity index (χ1v) is 26.4. The number of amides is 1. The van der Waals surface area contributed by atoms with Gasteiger partial charge in [-0.25, -0.2) is 0 Å². The molecule has 82 heavy (non-hydrogen) atoms. The number of nitrogens with one attached hydrogen (secondary N) is 2. The summed E-state index contributed by atoms with van der Waals surface area (Å²) < 4.78 is 70.0. The van der Waals surface area contributed by atoms with Crippen molar-refractivity contribution in [1.82, 2.24) is 10.6 Å². The molecule has 6 heterocycles. The molecular weight excluding hydrogens is 1120 g/mol. The number of hydrogen-bond acceptors (Lipinski definition) is 36. The van der Waals surface area contributed by atoms with Crippen LogP contribution in [0.2, 0.25) is 0 Å². The van der Waals surface area contributed by atoms with Crippen LogP contribution in [-0.4, -0.2) is 366 Å². The van der Waals surface area contributed by atoms with Gasteiger partial charge in [0.15, 0.2) is 37.7 Å². The molecule has 0 spiro atoms. The van der Waals surface area contributed by atoms with Gasteiger partial charge in [-0.05, 0) is 0 Å². The lowest BCUT2D eigenvalue weighted by atomic mass is 9.93. The maximum absolute atomic E-state index is 12.2. The molecule has 34 atom stereocenters. The number of aliphatic hydroxyl groups excluding tert-OH is 18. The SMILES string of the molecule is COC1OC(CO)C(OC2OC(CO)C(OC3OC(CO)C(OC4OC(CO)C(OC5OC(CO)C(OC6OC(CO)C(O)C(O)C6N)C(O)C5N)C(O)C4N)C(O)C3NCC(O)C(O)C(O)C(O)CO)C(O)C2N)C(O)C1NC(C)=O. The van der Waals surface area contributed by atoms with E-state index in [0.717, 1.165) is 6.92 Å². The highest BCUT2D eigenvalue weighted by Gasteiger charge is 2.57. The monoisotopic (exact) mass is 1200 g/mol. The van der Waals surface area contributed by atoms with E-state index in [1.165, 1.54) is 7.11 Å². The Morgan fingerprint density at radius 1 is 0.427 bits per heavy atom. The molecule has 6 saturated heterocycles. The predicted molar refractivity (Wildman–Crippen MR) is 260 cm³/mol. The Morgan fingerprint density at radius 2 is 0.732 bits per heavy atom. The average molecular weight is 1210 g/mol. The van der Waals surface area contributed by atoms with Crippen LogP contribution in [0.1, 0.15) is 6.92 Å². The van der Waals surface area contributed by atoms with E-state index < -0.39 is 267 Å². The Bertz CT molecular complexity index is 1920. The molecule has 0 radical (unpaired) electrons. The molecule has 0 aromatic carbocycles. The van der Waals surface area contributed by atoms with Crippen molar-refractivity contribution in [3.8, 4) is 0 Å². The number of nitrogens with two attached hydrogens (primary N) is 4. The maximum atomic E-state index is 12.2. The summed E-state index contributed by atoms with van der Waals surface area (Å²) in [7, 11) is 1.22. The van der Waals surface area contributed by atoms with E-state index in [0.29, 0.717) is 0 Å². The smallest absolute Gasteiger partial charge is 0.217 e. The highest BCUT2D eigenvalue weighted by atomic mass is 16.8. The van der Waals surface area contributed by atoms with Gasteiger partial charge < -0.3 is 182 Å². The van der Waals surface area contributed by atoms with Gasteiger partial charge in [-0.15, -0.1) is 0 Å². The Morgan fingerprint density at radius 3 is 1.09 bits per heavy atom. The molecule has 37 heteroatoms. The number of carbonyl (C=O) groups is 1. The first-order chi connectivity index (χ1) is 38.9. The van der Waals surface area contributed by atoms with E-state index in [4.69, 9.17) is 79.8 Å². The zero-order chi connectivity index (χ0) is 60.8. The third-order valence-electron chi connectivity index (χ3n) is 15.3. The summed E-state index contributed by atoms with van der Waals surface area (Å²) >= 11 is 0. The van der Waals surface area contributed by atoms with Crippen molar-refractivity contribution in [1.29, 1.82) is 0 Å². The number of rotatable bonds is 25. The summed E-state index contributed by atoms with van der Waals surface area (Å²) in [6.07, 6.45) is -48.4. The molecule has 0 saturated carbocycles. The number of aliphatic hydroxyl groups is 18. The summed E-state index contributed by atoms with van der Waals surface area (Å²) in [6, 6.07) is -9.39. The molecule has 6 rings (SSSR count). The predicted octanol–water partition coefficient (Wildman–Crippen LogP) is -16.4. The lowest BCUT2D eigenvalue weighted by Gasteiger charge is -2.51. The van der Waals surface area contributed by atoms with Gasteiger partial charge in [0, 0.05) is 20.6 Å². The Labute approximate surface area is 467 Å². The largest absolute Gasteiger partial charge is 0.394 e. The molecule has 28 N–H and O–H groups in total. The molecule has 6 aliphatic rings. The summed E-state index contributed by atoms with van der Waals surface area (Å²) in [5.74, 6) is -0.601. The Kier molecular flexibility index (Phi) is 26.0. The van der Waals surface area contributed by atoms with Gasteiger partial charge in [-0.2, -0.15) is 0 Å². The van der Waals surface area contributed by atoms with Crippen molar-refractivity contribution < 1.29 is 154 Å². The minimum absolute atomic E-state index is 0.601. The maximum Gasteiger partial charge on any atom is 0.217 e. The normalized spacial score (nSPS) is 47.3. The standard InChI is InChI=1S/C45H84N6O31/c1-11(59)51-25-34(70)39(18(9-57)76-44(25)71-2)81-43-23(49)32(68)37(17(8-56)75-43)82-45-24(50-3-12(60)26(62)27(63)13(61)4-52)33(69)38(19(10-58)77-45)80-42-22(48)31(67)36(16(7-55)74-42)79-41-21(47)30(66)35(15(6-54)73-41)78-40-20(46)29(65)28(64)14(5-53)72-40/h12-45,50,52-58,60-70H,3-10,46-49H2,1-2H3,(H,51,59). The van der Waals surface area contributed by atoms with Crippen LogP contribution in [0.5, 0.6) is 0 Å². The van der Waals surface area contributed by atoms with Crippen molar-refractivity contribution in [3.63, 3.8) is 0 Å². The molecule has 0 bridgehead atoms. The zero-order valence-electron chi connectivity index (χ0n) is 44.5. The van der Waals surface area contributed by atoms with Crippen LogP contribution >= 0.6 is 0 Å².